The van der Waals surface area contributed by atoms with Crippen LogP contribution in [0.2, 0.25) is 0 Å². The average Bonchev–Trinajstić information content (AvgIpc) is 2.55. The van der Waals surface area contributed by atoms with E-state index in [1.165, 1.54) is 0 Å². The highest BCUT2D eigenvalue weighted by molar-refractivity contribution is 9.10. The molecule has 1 unspecified atom stereocenters. The quantitative estimate of drug-likeness (QED) is 0.895. The lowest BCUT2D eigenvalue weighted by atomic mass is 9.74. The Morgan fingerprint density at radius 2 is 1.94 bits per heavy atom. The summed E-state index contributed by atoms with van der Waals surface area (Å²) in [5.74, 6) is 0. The molecule has 4 nitrogen and oxygen atoms in total. The van der Waals surface area contributed by atoms with Crippen LogP contribution in [0, 0.1) is 12.3 Å². The molecule has 0 bridgehead atoms. The third-order valence-electron chi connectivity index (χ3n) is 3.65. The first-order chi connectivity index (χ1) is 8.16. The molecule has 1 aromatic heterocycles. The minimum atomic E-state index is -0.936. The van der Waals surface area contributed by atoms with Gasteiger partial charge in [-0.05, 0) is 35.2 Å². The van der Waals surface area contributed by atoms with Crippen LogP contribution in [0.25, 0.3) is 0 Å². The van der Waals surface area contributed by atoms with E-state index < -0.39 is 5.60 Å². The molecule has 0 amide bonds. The maximum Gasteiger partial charge on any atom is 0.0872 e. The fourth-order valence-electron chi connectivity index (χ4n) is 1.96. The van der Waals surface area contributed by atoms with Gasteiger partial charge in [0.15, 0.2) is 0 Å². The van der Waals surface area contributed by atoms with Crippen LogP contribution in [0.4, 0.5) is 0 Å². The van der Waals surface area contributed by atoms with Crippen molar-refractivity contribution < 1.29 is 5.11 Å². The Bertz CT molecular complexity index is 423. The molecule has 0 fully saturated rings. The van der Waals surface area contributed by atoms with Crippen molar-refractivity contribution in [1.29, 1.82) is 0 Å². The second-order valence-electron chi connectivity index (χ2n) is 5.82. The summed E-state index contributed by atoms with van der Waals surface area (Å²) in [6.07, 6.45) is 0.502. The fraction of sp³-hybridized carbons (Fsp3) is 0.769. The summed E-state index contributed by atoms with van der Waals surface area (Å²) in [5, 5.41) is 15.2. The third kappa shape index (κ3) is 2.78. The predicted molar refractivity (Wildman–Crippen MR) is 77.5 cm³/mol. The van der Waals surface area contributed by atoms with E-state index in [1.807, 2.05) is 39.3 Å². The molecule has 1 atom stereocenters. The van der Waals surface area contributed by atoms with Crippen LogP contribution in [-0.2, 0) is 13.0 Å². The van der Waals surface area contributed by atoms with Crippen molar-refractivity contribution in [1.82, 2.24) is 9.78 Å². The number of aliphatic hydroxyl groups is 1. The minimum Gasteiger partial charge on any atom is -0.388 e. The third-order valence-corrected chi connectivity index (χ3v) is 4.68. The molecule has 18 heavy (non-hydrogen) atoms. The first-order valence-corrected chi connectivity index (χ1v) is 7.10. The number of nitrogens with zero attached hydrogens (tertiary/aromatic N) is 2. The summed E-state index contributed by atoms with van der Waals surface area (Å²) in [4.78, 5) is 0. The standard InChI is InChI=1S/C13H24BrN3O/c1-6-17-10(11(14)9(2)16-17)7-13(18,8-15)12(3,4)5/h18H,6-8,15H2,1-5H3. The lowest BCUT2D eigenvalue weighted by molar-refractivity contribution is -0.0505. The first-order valence-electron chi connectivity index (χ1n) is 6.30. The molecule has 0 aliphatic rings. The van der Waals surface area contributed by atoms with Gasteiger partial charge in [0.2, 0.25) is 0 Å². The van der Waals surface area contributed by atoms with Crippen LogP contribution in [0.1, 0.15) is 39.1 Å². The van der Waals surface area contributed by atoms with E-state index >= 15 is 0 Å². The van der Waals surface area contributed by atoms with Gasteiger partial charge in [0.1, 0.15) is 0 Å². The SMILES string of the molecule is CCn1nc(C)c(Br)c1CC(O)(CN)C(C)(C)C. The zero-order chi connectivity index (χ0) is 14.1. The smallest absolute Gasteiger partial charge is 0.0872 e. The second kappa shape index (κ2) is 5.31. The fourth-order valence-corrected chi connectivity index (χ4v) is 2.38. The normalized spacial score (nSPS) is 15.8. The lowest BCUT2D eigenvalue weighted by Gasteiger charge is -2.39. The van der Waals surface area contributed by atoms with Crippen molar-refractivity contribution in [2.24, 2.45) is 11.1 Å². The van der Waals surface area contributed by atoms with Crippen LogP contribution < -0.4 is 5.73 Å². The van der Waals surface area contributed by atoms with Gasteiger partial charge in [0.05, 0.1) is 21.5 Å². The Hall–Kier alpha value is -0.390. The molecule has 0 aliphatic carbocycles. The molecule has 0 saturated heterocycles. The second-order valence-corrected chi connectivity index (χ2v) is 6.62. The molecular weight excluding hydrogens is 294 g/mol. The summed E-state index contributed by atoms with van der Waals surface area (Å²) in [6.45, 7) is 11.0. The highest BCUT2D eigenvalue weighted by Gasteiger charge is 2.40. The Labute approximate surface area is 118 Å². The van der Waals surface area contributed by atoms with Gasteiger partial charge >= 0.3 is 0 Å². The molecule has 1 heterocycles. The topological polar surface area (TPSA) is 64.1 Å². The van der Waals surface area contributed by atoms with E-state index in [9.17, 15) is 5.11 Å². The molecule has 0 aliphatic heterocycles. The zero-order valence-electron chi connectivity index (χ0n) is 11.9. The number of rotatable bonds is 4. The molecule has 3 N–H and O–H groups in total. The summed E-state index contributed by atoms with van der Waals surface area (Å²) in [7, 11) is 0. The van der Waals surface area contributed by atoms with Gasteiger partial charge in [0.25, 0.3) is 0 Å². The highest BCUT2D eigenvalue weighted by Crippen LogP contribution is 2.35. The molecule has 1 aromatic rings. The molecule has 0 spiro atoms. The van der Waals surface area contributed by atoms with Gasteiger partial charge < -0.3 is 10.8 Å². The Morgan fingerprint density at radius 3 is 2.33 bits per heavy atom. The highest BCUT2D eigenvalue weighted by atomic mass is 79.9. The van der Waals surface area contributed by atoms with Crippen molar-refractivity contribution in [2.45, 2.75) is 53.2 Å². The van der Waals surface area contributed by atoms with Crippen molar-refractivity contribution >= 4 is 15.9 Å². The Kier molecular flexibility index (Phi) is 4.62. The molecule has 0 aromatic carbocycles. The Balaban J connectivity index is 3.17. The molecular formula is C13H24BrN3O. The van der Waals surface area contributed by atoms with E-state index in [2.05, 4.69) is 21.0 Å². The predicted octanol–water partition coefficient (Wildman–Crippen LogP) is 2.25. The van der Waals surface area contributed by atoms with Crippen LogP contribution in [0.3, 0.4) is 0 Å². The molecule has 104 valence electrons. The van der Waals surface area contributed by atoms with Gasteiger partial charge in [-0.3, -0.25) is 4.68 Å². The van der Waals surface area contributed by atoms with Crippen molar-refractivity contribution in [3.05, 3.63) is 15.9 Å². The lowest BCUT2D eigenvalue weighted by Crippen LogP contribution is -2.51. The maximum atomic E-state index is 10.8. The maximum absolute atomic E-state index is 10.8. The van der Waals surface area contributed by atoms with Crippen molar-refractivity contribution in [3.63, 3.8) is 0 Å². The number of hydrogen-bond donors (Lipinski definition) is 2. The van der Waals surface area contributed by atoms with Crippen LogP contribution in [-0.4, -0.2) is 27.0 Å². The van der Waals surface area contributed by atoms with E-state index in [4.69, 9.17) is 5.73 Å². The van der Waals surface area contributed by atoms with Crippen LogP contribution in [0.5, 0.6) is 0 Å². The van der Waals surface area contributed by atoms with Gasteiger partial charge in [0, 0.05) is 19.5 Å². The summed E-state index contributed by atoms with van der Waals surface area (Å²) in [6, 6.07) is 0. The van der Waals surface area contributed by atoms with Gasteiger partial charge in [-0.25, -0.2) is 0 Å². The van der Waals surface area contributed by atoms with Crippen LogP contribution in [0.15, 0.2) is 4.47 Å². The number of nitrogens with two attached hydrogens (primary N) is 1. The van der Waals surface area contributed by atoms with Gasteiger partial charge in [-0.1, -0.05) is 20.8 Å². The van der Waals surface area contributed by atoms with E-state index in [0.717, 1.165) is 22.4 Å². The van der Waals surface area contributed by atoms with E-state index in [-0.39, 0.29) is 12.0 Å². The van der Waals surface area contributed by atoms with Crippen LogP contribution >= 0.6 is 15.9 Å². The number of aromatic nitrogens is 2. The largest absolute Gasteiger partial charge is 0.388 e. The number of aryl methyl sites for hydroxylation is 2. The minimum absolute atomic E-state index is 0.233. The van der Waals surface area contributed by atoms with Crippen molar-refractivity contribution in [3.8, 4) is 0 Å². The number of halogens is 1. The average molecular weight is 318 g/mol. The molecule has 5 heteroatoms. The van der Waals surface area contributed by atoms with Crippen molar-refractivity contribution in [2.75, 3.05) is 6.54 Å². The summed E-state index contributed by atoms with van der Waals surface area (Å²) >= 11 is 3.56. The van der Waals surface area contributed by atoms with Gasteiger partial charge in [-0.15, -0.1) is 0 Å². The molecule has 1 rings (SSSR count). The van der Waals surface area contributed by atoms with E-state index in [1.54, 1.807) is 0 Å². The monoisotopic (exact) mass is 317 g/mol. The molecule has 0 saturated carbocycles. The summed E-state index contributed by atoms with van der Waals surface area (Å²) in [5.41, 5.74) is 6.54. The first kappa shape index (κ1) is 15.7. The number of hydrogen-bond acceptors (Lipinski definition) is 3. The Morgan fingerprint density at radius 1 is 1.39 bits per heavy atom. The summed E-state index contributed by atoms with van der Waals surface area (Å²) < 4.78 is 2.90. The van der Waals surface area contributed by atoms with E-state index in [0.29, 0.717) is 6.42 Å². The zero-order valence-corrected chi connectivity index (χ0v) is 13.5. The molecule has 0 radical (unpaired) electrons. The van der Waals surface area contributed by atoms with Gasteiger partial charge in [-0.2, -0.15) is 5.10 Å².